The summed E-state index contributed by atoms with van der Waals surface area (Å²) in [6.07, 6.45) is 0.828. The zero-order valence-electron chi connectivity index (χ0n) is 10.6. The lowest BCUT2D eigenvalue weighted by Crippen LogP contribution is -2.37. The van der Waals surface area contributed by atoms with Crippen LogP contribution in [0, 0.1) is 11.3 Å². The molecule has 0 radical (unpaired) electrons. The highest BCUT2D eigenvalue weighted by atomic mass is 16.4. The maximum absolute atomic E-state index is 12.3. The lowest BCUT2D eigenvalue weighted by Gasteiger charge is -2.21. The van der Waals surface area contributed by atoms with E-state index < -0.39 is 5.97 Å². The summed E-state index contributed by atoms with van der Waals surface area (Å²) in [5.74, 6) is -1.14. The highest BCUT2D eigenvalue weighted by Crippen LogP contribution is 2.52. The van der Waals surface area contributed by atoms with Gasteiger partial charge in [-0.25, -0.2) is 0 Å². The van der Waals surface area contributed by atoms with Crippen molar-refractivity contribution in [1.29, 1.82) is 0 Å². The van der Waals surface area contributed by atoms with E-state index in [1.807, 2.05) is 19.9 Å². The van der Waals surface area contributed by atoms with Gasteiger partial charge in [-0.05, 0) is 24.0 Å². The van der Waals surface area contributed by atoms with Gasteiger partial charge in [0.2, 0.25) is 5.91 Å². The van der Waals surface area contributed by atoms with Gasteiger partial charge in [0.25, 0.3) is 0 Å². The van der Waals surface area contributed by atoms with Gasteiger partial charge in [0, 0.05) is 11.6 Å². The first kappa shape index (κ1) is 12.6. The van der Waals surface area contributed by atoms with E-state index in [-0.39, 0.29) is 23.8 Å². The fraction of sp³-hybridized carbons (Fsp3) is 0.429. The van der Waals surface area contributed by atoms with Crippen LogP contribution in [0.4, 0.5) is 5.69 Å². The van der Waals surface area contributed by atoms with Crippen molar-refractivity contribution in [3.05, 3.63) is 30.3 Å². The maximum atomic E-state index is 12.3. The second-order valence-electron chi connectivity index (χ2n) is 5.40. The molecule has 2 rings (SSSR count). The van der Waals surface area contributed by atoms with E-state index in [2.05, 4.69) is 0 Å². The number of hydrogen-bond donors (Lipinski definition) is 1. The quantitative estimate of drug-likeness (QED) is 0.886. The molecule has 1 aliphatic carbocycles. The maximum Gasteiger partial charge on any atom is 0.323 e. The number of carboxylic acids is 1. The Bertz CT molecular complexity index is 467. The molecule has 1 atom stereocenters. The molecule has 0 unspecified atom stereocenters. The molecule has 0 heterocycles. The lowest BCUT2D eigenvalue weighted by molar-refractivity contribution is -0.136. The molecular formula is C14H17NO3. The first-order valence-corrected chi connectivity index (χ1v) is 6.00. The van der Waals surface area contributed by atoms with Crippen LogP contribution in [0.15, 0.2) is 30.3 Å². The Kier molecular flexibility index (Phi) is 3.11. The summed E-state index contributed by atoms with van der Waals surface area (Å²) >= 11 is 0. The van der Waals surface area contributed by atoms with E-state index in [0.717, 1.165) is 6.42 Å². The summed E-state index contributed by atoms with van der Waals surface area (Å²) in [5, 5.41) is 8.93. The third-order valence-corrected chi connectivity index (χ3v) is 3.44. The predicted molar refractivity (Wildman–Crippen MR) is 68.3 cm³/mol. The molecule has 4 heteroatoms. The highest BCUT2D eigenvalue weighted by Gasteiger charge is 2.52. The van der Waals surface area contributed by atoms with Crippen LogP contribution in [0.5, 0.6) is 0 Å². The number of rotatable bonds is 4. The van der Waals surface area contributed by atoms with Crippen molar-refractivity contribution in [1.82, 2.24) is 0 Å². The summed E-state index contributed by atoms with van der Waals surface area (Å²) in [6, 6.07) is 8.96. The number of aliphatic carboxylic acids is 1. The van der Waals surface area contributed by atoms with Crippen molar-refractivity contribution in [2.24, 2.45) is 11.3 Å². The van der Waals surface area contributed by atoms with Crippen LogP contribution in [0.1, 0.15) is 20.3 Å². The van der Waals surface area contributed by atoms with Gasteiger partial charge in [-0.15, -0.1) is 0 Å². The summed E-state index contributed by atoms with van der Waals surface area (Å²) in [5.41, 5.74) is 0.649. The second kappa shape index (κ2) is 4.44. The molecule has 1 saturated carbocycles. The number of nitrogens with zero attached hydrogens (tertiary/aromatic N) is 1. The van der Waals surface area contributed by atoms with Gasteiger partial charge in [-0.3, -0.25) is 9.59 Å². The second-order valence-corrected chi connectivity index (χ2v) is 5.40. The Hall–Kier alpha value is -1.84. The molecule has 0 aromatic heterocycles. The smallest absolute Gasteiger partial charge is 0.323 e. The Balaban J connectivity index is 2.21. The number of carboxylic acid groups (broad SMARTS) is 1. The number of anilines is 1. The van der Waals surface area contributed by atoms with Crippen molar-refractivity contribution >= 4 is 17.6 Å². The van der Waals surface area contributed by atoms with E-state index in [1.165, 1.54) is 4.90 Å². The molecule has 1 aromatic rings. The SMILES string of the molecule is CC1(C)C[C@@H]1C(=O)N(CC(=O)O)c1ccccc1. The van der Waals surface area contributed by atoms with Gasteiger partial charge >= 0.3 is 5.97 Å². The number of hydrogen-bond acceptors (Lipinski definition) is 2. The standard InChI is InChI=1S/C14H17NO3/c1-14(2)8-11(14)13(18)15(9-12(16)17)10-6-4-3-5-7-10/h3-7,11H,8-9H2,1-2H3,(H,16,17)/t11-/m1/s1. The molecule has 0 bridgehead atoms. The molecule has 1 amide bonds. The first-order valence-electron chi connectivity index (χ1n) is 6.00. The summed E-state index contributed by atoms with van der Waals surface area (Å²) in [6.45, 7) is 3.77. The number of benzene rings is 1. The molecule has 0 saturated heterocycles. The minimum Gasteiger partial charge on any atom is -0.480 e. The number of para-hydroxylation sites is 1. The fourth-order valence-corrected chi connectivity index (χ4v) is 2.12. The summed E-state index contributed by atoms with van der Waals surface area (Å²) in [4.78, 5) is 24.6. The largest absolute Gasteiger partial charge is 0.480 e. The van der Waals surface area contributed by atoms with Crippen molar-refractivity contribution in [3.63, 3.8) is 0 Å². The van der Waals surface area contributed by atoms with Gasteiger partial charge in [0.15, 0.2) is 0 Å². The average Bonchev–Trinajstić information content (AvgIpc) is 2.95. The number of carbonyl (C=O) groups excluding carboxylic acids is 1. The molecule has 1 fully saturated rings. The van der Waals surface area contributed by atoms with Gasteiger partial charge < -0.3 is 10.0 Å². The molecule has 1 aromatic carbocycles. The topological polar surface area (TPSA) is 57.6 Å². The molecule has 1 N–H and O–H groups in total. The lowest BCUT2D eigenvalue weighted by atomic mass is 10.1. The molecule has 0 spiro atoms. The Morgan fingerprint density at radius 2 is 1.89 bits per heavy atom. The molecular weight excluding hydrogens is 230 g/mol. The summed E-state index contributed by atoms with van der Waals surface area (Å²) < 4.78 is 0. The van der Waals surface area contributed by atoms with Crippen LogP contribution in [-0.4, -0.2) is 23.5 Å². The Morgan fingerprint density at radius 3 is 2.33 bits per heavy atom. The van der Waals surface area contributed by atoms with Crippen molar-refractivity contribution in [2.75, 3.05) is 11.4 Å². The Labute approximate surface area is 106 Å². The molecule has 0 aliphatic heterocycles. The van der Waals surface area contributed by atoms with Crippen LogP contribution in [0.25, 0.3) is 0 Å². The molecule has 4 nitrogen and oxygen atoms in total. The van der Waals surface area contributed by atoms with Gasteiger partial charge in [0.1, 0.15) is 6.54 Å². The van der Waals surface area contributed by atoms with E-state index in [4.69, 9.17) is 5.11 Å². The van der Waals surface area contributed by atoms with Gasteiger partial charge in [-0.1, -0.05) is 32.0 Å². The molecule has 96 valence electrons. The van der Waals surface area contributed by atoms with Crippen molar-refractivity contribution in [3.8, 4) is 0 Å². The van der Waals surface area contributed by atoms with Gasteiger partial charge in [0.05, 0.1) is 0 Å². The van der Waals surface area contributed by atoms with Crippen LogP contribution in [0.2, 0.25) is 0 Å². The monoisotopic (exact) mass is 247 g/mol. The number of carbonyl (C=O) groups is 2. The van der Waals surface area contributed by atoms with Gasteiger partial charge in [-0.2, -0.15) is 0 Å². The summed E-state index contributed by atoms with van der Waals surface area (Å²) in [7, 11) is 0. The van der Waals surface area contributed by atoms with Crippen molar-refractivity contribution < 1.29 is 14.7 Å². The predicted octanol–water partition coefficient (Wildman–Crippen LogP) is 2.15. The van der Waals surface area contributed by atoms with Crippen LogP contribution >= 0.6 is 0 Å². The van der Waals surface area contributed by atoms with Crippen LogP contribution in [0.3, 0.4) is 0 Å². The van der Waals surface area contributed by atoms with E-state index >= 15 is 0 Å². The van der Waals surface area contributed by atoms with Crippen LogP contribution in [-0.2, 0) is 9.59 Å². The molecule has 1 aliphatic rings. The minimum atomic E-state index is -0.995. The minimum absolute atomic E-state index is 0.00260. The molecule has 18 heavy (non-hydrogen) atoms. The fourth-order valence-electron chi connectivity index (χ4n) is 2.12. The Morgan fingerprint density at radius 1 is 1.33 bits per heavy atom. The third-order valence-electron chi connectivity index (χ3n) is 3.44. The number of amides is 1. The average molecular weight is 247 g/mol. The zero-order valence-corrected chi connectivity index (χ0v) is 10.6. The zero-order chi connectivity index (χ0) is 13.3. The third kappa shape index (κ3) is 2.53. The van der Waals surface area contributed by atoms with Crippen molar-refractivity contribution in [2.45, 2.75) is 20.3 Å². The normalized spacial score (nSPS) is 20.2. The van der Waals surface area contributed by atoms with Crippen LogP contribution < -0.4 is 4.90 Å². The van der Waals surface area contributed by atoms with E-state index in [9.17, 15) is 9.59 Å². The highest BCUT2D eigenvalue weighted by molar-refractivity contribution is 6.00. The van der Waals surface area contributed by atoms with E-state index in [0.29, 0.717) is 5.69 Å². The van der Waals surface area contributed by atoms with E-state index in [1.54, 1.807) is 24.3 Å². The first-order chi connectivity index (χ1) is 8.42.